The smallest absolute Gasteiger partial charge is 0.126 e. The van der Waals surface area contributed by atoms with Gasteiger partial charge in [-0.15, -0.1) is 0 Å². The van der Waals surface area contributed by atoms with Gasteiger partial charge in [0.25, 0.3) is 0 Å². The highest BCUT2D eigenvalue weighted by Gasteiger charge is 2.25. The normalized spacial score (nSPS) is 17.4. The average molecular weight is 179 g/mol. The summed E-state index contributed by atoms with van der Waals surface area (Å²) in [4.78, 5) is 4.59. The first-order chi connectivity index (χ1) is 6.24. The molecular weight excluding hydrogens is 162 g/mol. The number of hydrogen-bond acceptors (Lipinski definition) is 2. The number of rotatable bonds is 2. The van der Waals surface area contributed by atoms with Gasteiger partial charge < -0.3 is 10.3 Å². The third kappa shape index (κ3) is 1.23. The average Bonchev–Trinajstić information content (AvgIpc) is 2.30. The molecule has 1 aliphatic rings. The third-order valence-corrected chi connectivity index (χ3v) is 3.07. The molecule has 0 radical (unpaired) electrons. The van der Waals surface area contributed by atoms with Crippen molar-refractivity contribution < 1.29 is 0 Å². The Kier molecular flexibility index (Phi) is 2.02. The van der Waals surface area contributed by atoms with Crippen molar-refractivity contribution in [3.05, 3.63) is 11.5 Å². The molecule has 0 aromatic carbocycles. The Balaban J connectivity index is 2.34. The molecule has 0 spiro atoms. The predicted octanol–water partition coefficient (Wildman–Crippen LogP) is 1.83. The zero-order chi connectivity index (χ0) is 9.42. The van der Waals surface area contributed by atoms with E-state index in [1.165, 1.54) is 19.3 Å². The lowest BCUT2D eigenvalue weighted by molar-refractivity contribution is 0.413. The van der Waals surface area contributed by atoms with Gasteiger partial charge in [0, 0.05) is 19.4 Å². The van der Waals surface area contributed by atoms with Crippen LogP contribution in [0.1, 0.15) is 43.6 Å². The molecule has 0 amide bonds. The molecule has 1 aromatic rings. The lowest BCUT2D eigenvalue weighted by Gasteiger charge is -2.23. The van der Waals surface area contributed by atoms with Gasteiger partial charge in [0.15, 0.2) is 0 Å². The van der Waals surface area contributed by atoms with Crippen LogP contribution < -0.4 is 5.73 Å². The van der Waals surface area contributed by atoms with E-state index in [2.05, 4.69) is 11.9 Å². The molecule has 0 saturated heterocycles. The highest BCUT2D eigenvalue weighted by molar-refractivity contribution is 5.41. The molecule has 3 heteroatoms. The second-order valence-electron chi connectivity index (χ2n) is 3.84. The van der Waals surface area contributed by atoms with Crippen LogP contribution in [0.2, 0.25) is 0 Å². The summed E-state index contributed by atoms with van der Waals surface area (Å²) in [6.45, 7) is 2.12. The Bertz CT molecular complexity index is 310. The van der Waals surface area contributed by atoms with Crippen molar-refractivity contribution in [2.24, 2.45) is 7.05 Å². The van der Waals surface area contributed by atoms with Crippen molar-refractivity contribution >= 4 is 5.82 Å². The molecule has 2 N–H and O–H groups in total. The molecule has 0 unspecified atom stereocenters. The Hall–Kier alpha value is -0.990. The molecule has 0 aliphatic heterocycles. The number of nitrogens with two attached hydrogens (primary N) is 1. The van der Waals surface area contributed by atoms with Crippen LogP contribution in [0, 0.1) is 0 Å². The summed E-state index contributed by atoms with van der Waals surface area (Å²) >= 11 is 0. The number of imidazole rings is 1. The fraction of sp³-hybridized carbons (Fsp3) is 0.700. The minimum Gasteiger partial charge on any atom is -0.384 e. The van der Waals surface area contributed by atoms with E-state index in [4.69, 9.17) is 5.73 Å². The van der Waals surface area contributed by atoms with Crippen LogP contribution in [-0.2, 0) is 13.5 Å². The van der Waals surface area contributed by atoms with E-state index in [-0.39, 0.29) is 0 Å². The summed E-state index contributed by atoms with van der Waals surface area (Å²) in [6.07, 6.45) is 4.84. The number of nitrogen functional groups attached to an aromatic ring is 1. The zero-order valence-electron chi connectivity index (χ0n) is 8.38. The number of nitrogens with zero attached hydrogens (tertiary/aromatic N) is 2. The second kappa shape index (κ2) is 3.05. The topological polar surface area (TPSA) is 43.8 Å². The first kappa shape index (κ1) is 8.60. The Morgan fingerprint density at radius 3 is 2.62 bits per heavy atom. The summed E-state index contributed by atoms with van der Waals surface area (Å²) in [5.41, 5.74) is 7.13. The lowest BCUT2D eigenvalue weighted by atomic mass is 9.83. The fourth-order valence-electron chi connectivity index (χ4n) is 1.88. The van der Waals surface area contributed by atoms with Gasteiger partial charge in [-0.05, 0) is 12.8 Å². The Labute approximate surface area is 79.0 Å². The Morgan fingerprint density at radius 1 is 1.54 bits per heavy atom. The summed E-state index contributed by atoms with van der Waals surface area (Å²) in [6, 6.07) is 0. The first-order valence-corrected chi connectivity index (χ1v) is 5.05. The summed E-state index contributed by atoms with van der Waals surface area (Å²) in [7, 11) is 2.00. The predicted molar refractivity (Wildman–Crippen MR) is 53.6 cm³/mol. The molecule has 3 nitrogen and oxygen atoms in total. The molecule has 13 heavy (non-hydrogen) atoms. The first-order valence-electron chi connectivity index (χ1n) is 5.05. The standard InChI is InChI=1S/C10H17N3/c1-3-8-12-9(7-5-4-6-7)10(11)13(8)2/h7H,3-6,11H2,1-2H3. The molecule has 1 fully saturated rings. The van der Waals surface area contributed by atoms with E-state index in [0.717, 1.165) is 23.8 Å². The number of aromatic nitrogens is 2. The van der Waals surface area contributed by atoms with Crippen molar-refractivity contribution in [3.63, 3.8) is 0 Å². The highest BCUT2D eigenvalue weighted by atomic mass is 15.1. The van der Waals surface area contributed by atoms with Gasteiger partial charge >= 0.3 is 0 Å². The van der Waals surface area contributed by atoms with E-state index < -0.39 is 0 Å². The fourth-order valence-corrected chi connectivity index (χ4v) is 1.88. The van der Waals surface area contributed by atoms with Crippen LogP contribution in [0.15, 0.2) is 0 Å². The number of aryl methyl sites for hydroxylation is 1. The van der Waals surface area contributed by atoms with Crippen LogP contribution in [0.3, 0.4) is 0 Å². The van der Waals surface area contributed by atoms with Crippen LogP contribution in [0.25, 0.3) is 0 Å². The van der Waals surface area contributed by atoms with Crippen LogP contribution in [0.5, 0.6) is 0 Å². The van der Waals surface area contributed by atoms with E-state index >= 15 is 0 Å². The molecule has 0 atom stereocenters. The quantitative estimate of drug-likeness (QED) is 0.752. The zero-order valence-corrected chi connectivity index (χ0v) is 8.38. The van der Waals surface area contributed by atoms with Gasteiger partial charge in [0.05, 0.1) is 5.69 Å². The molecule has 1 aliphatic carbocycles. The maximum absolute atomic E-state index is 5.99. The van der Waals surface area contributed by atoms with Crippen molar-refractivity contribution in [2.45, 2.75) is 38.5 Å². The summed E-state index contributed by atoms with van der Waals surface area (Å²) < 4.78 is 2.02. The van der Waals surface area contributed by atoms with E-state index in [1.54, 1.807) is 0 Å². The van der Waals surface area contributed by atoms with Crippen molar-refractivity contribution in [2.75, 3.05) is 5.73 Å². The van der Waals surface area contributed by atoms with Crippen LogP contribution in [-0.4, -0.2) is 9.55 Å². The molecule has 1 aromatic heterocycles. The third-order valence-electron chi connectivity index (χ3n) is 3.07. The van der Waals surface area contributed by atoms with Crippen molar-refractivity contribution in [1.82, 2.24) is 9.55 Å². The molecule has 2 rings (SSSR count). The molecule has 1 heterocycles. The lowest BCUT2D eigenvalue weighted by Crippen LogP contribution is -2.11. The van der Waals surface area contributed by atoms with E-state index in [0.29, 0.717) is 5.92 Å². The maximum atomic E-state index is 5.99. The molecular formula is C10H17N3. The van der Waals surface area contributed by atoms with Crippen LogP contribution >= 0.6 is 0 Å². The second-order valence-corrected chi connectivity index (χ2v) is 3.84. The largest absolute Gasteiger partial charge is 0.384 e. The monoisotopic (exact) mass is 179 g/mol. The van der Waals surface area contributed by atoms with E-state index in [9.17, 15) is 0 Å². The molecule has 72 valence electrons. The SMILES string of the molecule is CCc1nc(C2CCC2)c(N)n1C. The van der Waals surface area contributed by atoms with Gasteiger partial charge in [-0.3, -0.25) is 0 Å². The van der Waals surface area contributed by atoms with Gasteiger partial charge in [-0.1, -0.05) is 13.3 Å². The Morgan fingerprint density at radius 2 is 2.23 bits per heavy atom. The minimum absolute atomic E-state index is 0.645. The van der Waals surface area contributed by atoms with Gasteiger partial charge in [0.2, 0.25) is 0 Å². The maximum Gasteiger partial charge on any atom is 0.126 e. The minimum atomic E-state index is 0.645. The molecule has 1 saturated carbocycles. The van der Waals surface area contributed by atoms with Crippen LogP contribution in [0.4, 0.5) is 5.82 Å². The van der Waals surface area contributed by atoms with Gasteiger partial charge in [0.1, 0.15) is 11.6 Å². The van der Waals surface area contributed by atoms with Crippen molar-refractivity contribution in [3.8, 4) is 0 Å². The van der Waals surface area contributed by atoms with Gasteiger partial charge in [-0.2, -0.15) is 0 Å². The number of anilines is 1. The number of hydrogen-bond donors (Lipinski definition) is 1. The van der Waals surface area contributed by atoms with E-state index in [1.807, 2.05) is 11.6 Å². The summed E-state index contributed by atoms with van der Waals surface area (Å²) in [5.74, 6) is 2.63. The van der Waals surface area contributed by atoms with Crippen molar-refractivity contribution in [1.29, 1.82) is 0 Å². The highest BCUT2D eigenvalue weighted by Crippen LogP contribution is 2.38. The summed E-state index contributed by atoms with van der Waals surface area (Å²) in [5, 5.41) is 0. The molecule has 0 bridgehead atoms. The van der Waals surface area contributed by atoms with Gasteiger partial charge in [-0.25, -0.2) is 4.98 Å².